The second kappa shape index (κ2) is 5.19. The van der Waals surface area contributed by atoms with Gasteiger partial charge in [-0.1, -0.05) is 11.6 Å². The van der Waals surface area contributed by atoms with E-state index in [-0.39, 0.29) is 5.02 Å². The average Bonchev–Trinajstić information content (AvgIpc) is 2.70. The maximum atomic E-state index is 12.9. The molecule has 1 N–H and O–H groups in total. The van der Waals surface area contributed by atoms with Crippen LogP contribution in [0.4, 0.5) is 10.1 Å². The van der Waals surface area contributed by atoms with Gasteiger partial charge in [0.2, 0.25) is 0 Å². The van der Waals surface area contributed by atoms with Gasteiger partial charge in [0.15, 0.2) is 0 Å². The fraction of sp³-hybridized carbons (Fsp3) is 0.250. The molecule has 0 spiro atoms. The molecule has 17 heavy (non-hydrogen) atoms. The molecule has 90 valence electrons. The summed E-state index contributed by atoms with van der Waals surface area (Å²) < 4.78 is 14.8. The molecule has 0 aliphatic heterocycles. The van der Waals surface area contributed by atoms with Crippen LogP contribution in [0.3, 0.4) is 0 Å². The van der Waals surface area contributed by atoms with Crippen LogP contribution in [0.5, 0.6) is 0 Å². The lowest BCUT2D eigenvalue weighted by Gasteiger charge is -2.07. The Bertz CT molecular complexity index is 510. The smallest absolute Gasteiger partial charge is 0.141 e. The van der Waals surface area contributed by atoms with E-state index in [0.29, 0.717) is 0 Å². The van der Waals surface area contributed by atoms with Gasteiger partial charge in [-0.2, -0.15) is 5.10 Å². The number of benzene rings is 1. The minimum Gasteiger partial charge on any atom is -0.385 e. The minimum atomic E-state index is -0.399. The normalized spacial score (nSPS) is 10.5. The van der Waals surface area contributed by atoms with E-state index in [1.165, 1.54) is 6.07 Å². The second-order valence-electron chi connectivity index (χ2n) is 3.75. The van der Waals surface area contributed by atoms with Crippen molar-refractivity contribution in [2.75, 3.05) is 11.9 Å². The third-order valence-corrected chi connectivity index (χ3v) is 2.84. The highest BCUT2D eigenvalue weighted by molar-refractivity contribution is 6.31. The fourth-order valence-corrected chi connectivity index (χ4v) is 1.77. The van der Waals surface area contributed by atoms with Crippen molar-refractivity contribution in [3.63, 3.8) is 0 Å². The Hall–Kier alpha value is -1.55. The van der Waals surface area contributed by atoms with Gasteiger partial charge in [-0.15, -0.1) is 0 Å². The Morgan fingerprint density at radius 3 is 2.88 bits per heavy atom. The second-order valence-corrected chi connectivity index (χ2v) is 4.16. The van der Waals surface area contributed by atoms with E-state index in [4.69, 9.17) is 11.6 Å². The summed E-state index contributed by atoms with van der Waals surface area (Å²) in [6, 6.07) is 6.58. The summed E-state index contributed by atoms with van der Waals surface area (Å²) in [4.78, 5) is 0. The zero-order valence-electron chi connectivity index (χ0n) is 9.45. The van der Waals surface area contributed by atoms with Crippen LogP contribution in [-0.2, 0) is 13.5 Å². The molecule has 0 aliphatic rings. The van der Waals surface area contributed by atoms with Gasteiger partial charge in [0.1, 0.15) is 5.82 Å². The molecule has 0 saturated carbocycles. The molecule has 1 aromatic carbocycles. The standard InChI is InChI=1S/C12H13ClFN3/c1-17-10(5-7-16-17)4-6-15-9-2-3-12(14)11(13)8-9/h2-3,5,7-8,15H,4,6H2,1H3. The predicted octanol–water partition coefficient (Wildman–Crippen LogP) is 2.87. The van der Waals surface area contributed by atoms with Crippen molar-refractivity contribution in [1.29, 1.82) is 0 Å². The summed E-state index contributed by atoms with van der Waals surface area (Å²) in [5.41, 5.74) is 1.96. The number of anilines is 1. The number of hydrogen-bond donors (Lipinski definition) is 1. The van der Waals surface area contributed by atoms with Crippen LogP contribution in [0.15, 0.2) is 30.5 Å². The van der Waals surface area contributed by atoms with E-state index in [1.54, 1.807) is 18.3 Å². The summed E-state index contributed by atoms with van der Waals surface area (Å²) in [5.74, 6) is -0.399. The van der Waals surface area contributed by atoms with Crippen molar-refractivity contribution in [1.82, 2.24) is 9.78 Å². The Kier molecular flexibility index (Phi) is 3.64. The fourth-order valence-electron chi connectivity index (χ4n) is 1.59. The average molecular weight is 254 g/mol. The zero-order chi connectivity index (χ0) is 12.3. The lowest BCUT2D eigenvalue weighted by molar-refractivity contribution is 0.628. The van der Waals surface area contributed by atoms with Crippen LogP contribution in [0.25, 0.3) is 0 Å². The van der Waals surface area contributed by atoms with Gasteiger partial charge >= 0.3 is 0 Å². The first-order valence-electron chi connectivity index (χ1n) is 5.32. The van der Waals surface area contributed by atoms with Crippen molar-refractivity contribution in [2.24, 2.45) is 7.05 Å². The van der Waals surface area contributed by atoms with Crippen LogP contribution in [-0.4, -0.2) is 16.3 Å². The lowest BCUT2D eigenvalue weighted by Crippen LogP contribution is -2.08. The Labute approximate surface area is 104 Å². The van der Waals surface area contributed by atoms with Crippen LogP contribution in [0, 0.1) is 5.82 Å². The summed E-state index contributed by atoms with van der Waals surface area (Å²) in [7, 11) is 1.91. The van der Waals surface area contributed by atoms with Crippen molar-refractivity contribution >= 4 is 17.3 Å². The highest BCUT2D eigenvalue weighted by Crippen LogP contribution is 2.19. The van der Waals surface area contributed by atoms with Crippen LogP contribution >= 0.6 is 11.6 Å². The van der Waals surface area contributed by atoms with Crippen LogP contribution < -0.4 is 5.32 Å². The van der Waals surface area contributed by atoms with Crippen molar-refractivity contribution in [3.05, 3.63) is 47.0 Å². The molecular formula is C12H13ClFN3. The van der Waals surface area contributed by atoms with E-state index < -0.39 is 5.82 Å². The molecule has 2 rings (SSSR count). The van der Waals surface area contributed by atoms with E-state index >= 15 is 0 Å². The summed E-state index contributed by atoms with van der Waals surface area (Å²) in [6.07, 6.45) is 2.62. The Morgan fingerprint density at radius 2 is 2.24 bits per heavy atom. The number of nitrogens with one attached hydrogen (secondary N) is 1. The number of rotatable bonds is 4. The molecule has 1 aromatic heterocycles. The highest BCUT2D eigenvalue weighted by atomic mass is 35.5. The number of aromatic nitrogens is 2. The molecule has 0 unspecified atom stereocenters. The van der Waals surface area contributed by atoms with Gasteiger partial charge in [0.25, 0.3) is 0 Å². The predicted molar refractivity (Wildman–Crippen MR) is 66.8 cm³/mol. The molecule has 0 fully saturated rings. The zero-order valence-corrected chi connectivity index (χ0v) is 10.2. The van der Waals surface area contributed by atoms with Gasteiger partial charge in [0.05, 0.1) is 5.02 Å². The SMILES string of the molecule is Cn1nccc1CCNc1ccc(F)c(Cl)c1. The van der Waals surface area contributed by atoms with Crippen LogP contribution in [0.2, 0.25) is 5.02 Å². The van der Waals surface area contributed by atoms with Crippen molar-refractivity contribution in [2.45, 2.75) is 6.42 Å². The topological polar surface area (TPSA) is 29.9 Å². The van der Waals surface area contributed by atoms with Gasteiger partial charge in [-0.3, -0.25) is 4.68 Å². The molecule has 5 heteroatoms. The molecule has 0 bridgehead atoms. The first kappa shape index (κ1) is 11.9. The highest BCUT2D eigenvalue weighted by Gasteiger charge is 2.01. The number of hydrogen-bond acceptors (Lipinski definition) is 2. The largest absolute Gasteiger partial charge is 0.385 e. The number of halogens is 2. The van der Waals surface area contributed by atoms with Gasteiger partial charge in [-0.05, 0) is 24.3 Å². The molecule has 0 amide bonds. The minimum absolute atomic E-state index is 0.135. The summed E-state index contributed by atoms with van der Waals surface area (Å²) >= 11 is 5.69. The van der Waals surface area contributed by atoms with Gasteiger partial charge < -0.3 is 5.32 Å². The van der Waals surface area contributed by atoms with Gasteiger partial charge in [0, 0.05) is 37.6 Å². The molecule has 1 heterocycles. The monoisotopic (exact) mass is 253 g/mol. The van der Waals surface area contributed by atoms with E-state index in [2.05, 4.69) is 10.4 Å². The van der Waals surface area contributed by atoms with E-state index in [1.807, 2.05) is 17.8 Å². The molecule has 0 saturated heterocycles. The van der Waals surface area contributed by atoms with Gasteiger partial charge in [-0.25, -0.2) is 4.39 Å². The molecule has 0 aliphatic carbocycles. The molecule has 3 nitrogen and oxygen atoms in total. The maximum Gasteiger partial charge on any atom is 0.141 e. The molecule has 0 radical (unpaired) electrons. The van der Waals surface area contributed by atoms with Crippen molar-refractivity contribution < 1.29 is 4.39 Å². The number of aryl methyl sites for hydroxylation is 1. The summed E-state index contributed by atoms with van der Waals surface area (Å²) in [5, 5.41) is 7.41. The molecule has 0 atom stereocenters. The quantitative estimate of drug-likeness (QED) is 0.908. The lowest BCUT2D eigenvalue weighted by atomic mass is 10.2. The first-order valence-corrected chi connectivity index (χ1v) is 5.70. The Balaban J connectivity index is 1.90. The summed E-state index contributed by atoms with van der Waals surface area (Å²) in [6.45, 7) is 0.751. The first-order chi connectivity index (χ1) is 8.16. The van der Waals surface area contributed by atoms with Crippen molar-refractivity contribution in [3.8, 4) is 0 Å². The molecular weight excluding hydrogens is 241 g/mol. The van der Waals surface area contributed by atoms with E-state index in [0.717, 1.165) is 24.3 Å². The third-order valence-electron chi connectivity index (χ3n) is 2.55. The van der Waals surface area contributed by atoms with E-state index in [9.17, 15) is 4.39 Å². The molecule has 2 aromatic rings. The maximum absolute atomic E-state index is 12.9. The Morgan fingerprint density at radius 1 is 1.41 bits per heavy atom. The number of nitrogens with zero attached hydrogens (tertiary/aromatic N) is 2. The third kappa shape index (κ3) is 2.97. The van der Waals surface area contributed by atoms with Crippen LogP contribution in [0.1, 0.15) is 5.69 Å².